The molecule has 0 spiro atoms. The highest BCUT2D eigenvalue weighted by Gasteiger charge is 2.62. The van der Waals surface area contributed by atoms with Gasteiger partial charge in [0.1, 0.15) is 5.76 Å². The summed E-state index contributed by atoms with van der Waals surface area (Å²) >= 11 is 0. The Bertz CT molecular complexity index is 849. The molecule has 8 heteroatoms. The molecule has 1 aromatic heterocycles. The van der Waals surface area contributed by atoms with Gasteiger partial charge in [0.05, 0.1) is 5.41 Å². The van der Waals surface area contributed by atoms with Gasteiger partial charge in [-0.15, -0.1) is 0 Å². The van der Waals surface area contributed by atoms with Gasteiger partial charge in [0.15, 0.2) is 11.9 Å². The van der Waals surface area contributed by atoms with Gasteiger partial charge >= 0.3 is 5.97 Å². The molecule has 3 atom stereocenters. The van der Waals surface area contributed by atoms with Gasteiger partial charge in [-0.3, -0.25) is 14.4 Å². The number of carbonyl (C=O) groups is 3. The van der Waals surface area contributed by atoms with E-state index in [1.165, 1.54) is 0 Å². The van der Waals surface area contributed by atoms with Gasteiger partial charge in [0.25, 0.3) is 5.91 Å². The maximum atomic E-state index is 13.5. The number of amides is 2. The van der Waals surface area contributed by atoms with Crippen molar-refractivity contribution in [2.75, 3.05) is 5.32 Å². The van der Waals surface area contributed by atoms with Crippen LogP contribution in [0.15, 0.2) is 10.6 Å². The molecule has 4 aliphatic rings. The van der Waals surface area contributed by atoms with Gasteiger partial charge in [-0.2, -0.15) is 0 Å². The Labute approximate surface area is 182 Å². The Balaban J connectivity index is 1.49. The maximum Gasteiger partial charge on any atom is 0.312 e. The zero-order chi connectivity index (χ0) is 22.2. The molecule has 4 saturated carbocycles. The molecule has 2 N–H and O–H groups in total. The van der Waals surface area contributed by atoms with Crippen LogP contribution in [0.5, 0.6) is 0 Å². The van der Waals surface area contributed by atoms with E-state index < -0.39 is 11.5 Å². The van der Waals surface area contributed by atoms with E-state index >= 15 is 0 Å². The topological polar surface area (TPSA) is 111 Å². The first-order chi connectivity index (χ1) is 14.7. The standard InChI is InChI=1S/C23H33N3O5/c1-4-5-6-18(20(28)24-19-7-14(2)31-26-19)30-21(29)22-9-16-8-17(10-22)12-23(11-16,13-22)25-15(3)27/h7,16-18H,4-6,8-13H2,1-3H3,(H,25,27)(H,24,26,28). The van der Waals surface area contributed by atoms with Gasteiger partial charge in [-0.05, 0) is 70.1 Å². The van der Waals surface area contributed by atoms with Crippen LogP contribution in [0.2, 0.25) is 0 Å². The van der Waals surface area contributed by atoms with Crippen LogP contribution in [0.1, 0.15) is 77.4 Å². The first kappa shape index (κ1) is 21.8. The summed E-state index contributed by atoms with van der Waals surface area (Å²) in [5.74, 6) is 1.03. The predicted octanol–water partition coefficient (Wildman–Crippen LogP) is 3.50. The second kappa shape index (κ2) is 8.28. The number of unbranched alkanes of at least 4 members (excludes halogenated alkanes) is 1. The number of anilines is 1. The van der Waals surface area contributed by atoms with Crippen LogP contribution in [0.3, 0.4) is 0 Å². The van der Waals surface area contributed by atoms with Crippen molar-refractivity contribution in [2.24, 2.45) is 17.3 Å². The van der Waals surface area contributed by atoms with Gasteiger partial charge < -0.3 is 19.9 Å². The zero-order valence-electron chi connectivity index (χ0n) is 18.7. The number of ether oxygens (including phenoxy) is 1. The van der Waals surface area contributed by atoms with E-state index in [4.69, 9.17) is 9.26 Å². The molecule has 0 aliphatic heterocycles. The van der Waals surface area contributed by atoms with Crippen LogP contribution in [0.25, 0.3) is 0 Å². The van der Waals surface area contributed by atoms with Gasteiger partial charge in [0, 0.05) is 18.5 Å². The molecule has 2 amide bonds. The lowest BCUT2D eigenvalue weighted by atomic mass is 9.47. The molecule has 4 bridgehead atoms. The molecule has 31 heavy (non-hydrogen) atoms. The van der Waals surface area contributed by atoms with Crippen LogP contribution in [0.4, 0.5) is 5.82 Å². The summed E-state index contributed by atoms with van der Waals surface area (Å²) in [5, 5.41) is 9.68. The average Bonchev–Trinajstić information content (AvgIpc) is 3.07. The minimum absolute atomic E-state index is 0.0476. The van der Waals surface area contributed by atoms with Crippen LogP contribution in [0, 0.1) is 24.2 Å². The third kappa shape index (κ3) is 4.48. The molecule has 4 aliphatic carbocycles. The van der Waals surface area contributed by atoms with Crippen LogP contribution in [-0.4, -0.2) is 34.6 Å². The lowest BCUT2D eigenvalue weighted by Gasteiger charge is -2.60. The summed E-state index contributed by atoms with van der Waals surface area (Å²) in [5.41, 5.74) is -0.921. The van der Waals surface area contributed by atoms with E-state index in [9.17, 15) is 14.4 Å². The van der Waals surface area contributed by atoms with Crippen LogP contribution < -0.4 is 10.6 Å². The molecule has 3 unspecified atom stereocenters. The molecule has 1 heterocycles. The first-order valence-electron chi connectivity index (χ1n) is 11.5. The van der Waals surface area contributed by atoms with Crippen molar-refractivity contribution < 1.29 is 23.6 Å². The highest BCUT2D eigenvalue weighted by molar-refractivity contribution is 5.95. The number of nitrogens with zero attached hydrogens (tertiary/aromatic N) is 1. The van der Waals surface area contributed by atoms with Crippen LogP contribution in [-0.2, 0) is 19.1 Å². The molecule has 0 radical (unpaired) electrons. The number of hydrogen-bond acceptors (Lipinski definition) is 6. The molecule has 0 aromatic carbocycles. The summed E-state index contributed by atoms with van der Waals surface area (Å²) in [6.07, 6.45) is 6.43. The monoisotopic (exact) mass is 431 g/mol. The molecule has 8 nitrogen and oxygen atoms in total. The van der Waals surface area contributed by atoms with E-state index in [0.717, 1.165) is 44.9 Å². The normalized spacial score (nSPS) is 31.8. The van der Waals surface area contributed by atoms with Gasteiger partial charge in [-0.25, -0.2) is 0 Å². The van der Waals surface area contributed by atoms with Crippen molar-refractivity contribution >= 4 is 23.6 Å². The third-order valence-electron chi connectivity index (χ3n) is 7.18. The van der Waals surface area contributed by atoms with E-state index in [1.807, 2.05) is 6.92 Å². The fourth-order valence-corrected chi connectivity index (χ4v) is 6.54. The second-order valence-electron chi connectivity index (χ2n) is 10.1. The van der Waals surface area contributed by atoms with Crippen molar-refractivity contribution in [3.63, 3.8) is 0 Å². The number of nitrogens with one attached hydrogen (secondary N) is 2. The highest BCUT2D eigenvalue weighted by atomic mass is 16.5. The summed E-state index contributed by atoms with van der Waals surface area (Å²) in [6.45, 7) is 5.32. The van der Waals surface area contributed by atoms with E-state index in [1.54, 1.807) is 19.9 Å². The smallest absolute Gasteiger partial charge is 0.312 e. The lowest BCUT2D eigenvalue weighted by molar-refractivity contribution is -0.182. The van der Waals surface area contributed by atoms with Crippen molar-refractivity contribution in [3.05, 3.63) is 11.8 Å². The Kier molecular flexibility index (Phi) is 5.83. The number of hydrogen-bond donors (Lipinski definition) is 2. The SMILES string of the molecule is CCCCC(OC(=O)C12CC3CC(CC(NC(C)=O)(C3)C1)C2)C(=O)Nc1cc(C)on1. The predicted molar refractivity (Wildman–Crippen MR) is 113 cm³/mol. The lowest BCUT2D eigenvalue weighted by Crippen LogP contribution is -2.65. The minimum atomic E-state index is -0.867. The van der Waals surface area contributed by atoms with Gasteiger partial charge in [-0.1, -0.05) is 18.5 Å². The van der Waals surface area contributed by atoms with Crippen molar-refractivity contribution in [1.29, 1.82) is 0 Å². The Morgan fingerprint density at radius 3 is 2.55 bits per heavy atom. The molecule has 5 rings (SSSR count). The fourth-order valence-electron chi connectivity index (χ4n) is 6.54. The van der Waals surface area contributed by atoms with Crippen LogP contribution >= 0.6 is 0 Å². The molecule has 4 fully saturated rings. The second-order valence-corrected chi connectivity index (χ2v) is 10.1. The van der Waals surface area contributed by atoms with Crippen molar-refractivity contribution in [2.45, 2.75) is 90.2 Å². The Hall–Kier alpha value is -2.38. The van der Waals surface area contributed by atoms with E-state index in [-0.39, 0.29) is 23.3 Å². The average molecular weight is 432 g/mol. The fraction of sp³-hybridized carbons (Fsp3) is 0.739. The summed E-state index contributed by atoms with van der Waals surface area (Å²) < 4.78 is 10.9. The number of esters is 1. The number of aromatic nitrogens is 1. The minimum Gasteiger partial charge on any atom is -0.452 e. The molecular weight excluding hydrogens is 398 g/mol. The number of carbonyl (C=O) groups excluding carboxylic acids is 3. The van der Waals surface area contributed by atoms with Crippen molar-refractivity contribution in [3.8, 4) is 0 Å². The Morgan fingerprint density at radius 2 is 1.97 bits per heavy atom. The number of aryl methyl sites for hydroxylation is 1. The molecule has 0 saturated heterocycles. The quantitative estimate of drug-likeness (QED) is 0.610. The van der Waals surface area contributed by atoms with E-state index in [2.05, 4.69) is 15.8 Å². The van der Waals surface area contributed by atoms with Gasteiger partial charge in [0.2, 0.25) is 5.91 Å². The van der Waals surface area contributed by atoms with Crippen molar-refractivity contribution in [1.82, 2.24) is 10.5 Å². The third-order valence-corrected chi connectivity index (χ3v) is 7.18. The zero-order valence-corrected chi connectivity index (χ0v) is 18.7. The largest absolute Gasteiger partial charge is 0.452 e. The highest BCUT2D eigenvalue weighted by Crippen LogP contribution is 2.62. The molecular formula is C23H33N3O5. The number of rotatable bonds is 8. The molecule has 1 aromatic rings. The van der Waals surface area contributed by atoms with E-state index in [0.29, 0.717) is 36.3 Å². The summed E-state index contributed by atoms with van der Waals surface area (Å²) in [4.78, 5) is 38.3. The first-order valence-corrected chi connectivity index (χ1v) is 11.5. The Morgan fingerprint density at radius 1 is 1.26 bits per heavy atom. The summed E-state index contributed by atoms with van der Waals surface area (Å²) in [6, 6.07) is 1.63. The molecule has 170 valence electrons. The maximum absolute atomic E-state index is 13.5. The summed E-state index contributed by atoms with van der Waals surface area (Å²) in [7, 11) is 0.